The zero-order valence-corrected chi connectivity index (χ0v) is 17.4. The first-order chi connectivity index (χ1) is 13.6. The zero-order valence-electron chi connectivity index (χ0n) is 17.4. The number of hydrogen-bond donors (Lipinski definition) is 1. The molecule has 0 bridgehead atoms. The predicted octanol–water partition coefficient (Wildman–Crippen LogP) is 4.93. The Labute approximate surface area is 168 Å². The molecular weight excluding hydrogens is 348 g/mol. The Morgan fingerprint density at radius 2 is 2.04 bits per heavy atom. The number of carbonyl (C=O) groups is 1. The molecule has 0 spiro atoms. The number of likely N-dealkylation sites (tertiary alicyclic amines) is 1. The summed E-state index contributed by atoms with van der Waals surface area (Å²) in [5.41, 5.74) is 2.42. The van der Waals surface area contributed by atoms with Crippen LogP contribution in [-0.2, 0) is 16.0 Å². The molecule has 28 heavy (non-hydrogen) atoms. The quantitative estimate of drug-likeness (QED) is 0.658. The summed E-state index contributed by atoms with van der Waals surface area (Å²) in [5, 5.41) is 1.35. The van der Waals surface area contributed by atoms with E-state index in [9.17, 15) is 4.79 Å². The van der Waals surface area contributed by atoms with E-state index in [1.165, 1.54) is 29.3 Å². The second-order valence-electron chi connectivity index (χ2n) is 8.93. The van der Waals surface area contributed by atoms with Crippen molar-refractivity contribution in [3.05, 3.63) is 36.0 Å². The molecule has 1 aromatic heterocycles. The molecule has 0 radical (unpaired) electrons. The third-order valence-corrected chi connectivity index (χ3v) is 6.97. The minimum atomic E-state index is -0.218. The van der Waals surface area contributed by atoms with Gasteiger partial charge >= 0.3 is 5.97 Å². The first-order valence-electron chi connectivity index (χ1n) is 11.1. The monoisotopic (exact) mass is 382 g/mol. The van der Waals surface area contributed by atoms with Crippen molar-refractivity contribution in [1.82, 2.24) is 9.88 Å². The number of para-hydroxylation sites is 1. The molecule has 4 heteroatoms. The van der Waals surface area contributed by atoms with Gasteiger partial charge in [0.25, 0.3) is 0 Å². The van der Waals surface area contributed by atoms with E-state index in [0.29, 0.717) is 12.6 Å². The summed E-state index contributed by atoms with van der Waals surface area (Å²) >= 11 is 0. The Morgan fingerprint density at radius 1 is 1.29 bits per heavy atom. The lowest BCUT2D eigenvalue weighted by Crippen LogP contribution is -2.48. The van der Waals surface area contributed by atoms with Crippen molar-refractivity contribution < 1.29 is 9.53 Å². The van der Waals surface area contributed by atoms with Gasteiger partial charge in [-0.1, -0.05) is 31.0 Å². The Balaban J connectivity index is 1.33. The zero-order chi connectivity index (χ0) is 19.6. The van der Waals surface area contributed by atoms with Crippen molar-refractivity contribution >= 4 is 16.9 Å². The highest BCUT2D eigenvalue weighted by Gasteiger charge is 2.46. The fourth-order valence-electron chi connectivity index (χ4n) is 4.93. The third-order valence-electron chi connectivity index (χ3n) is 6.97. The van der Waals surface area contributed by atoms with Gasteiger partial charge < -0.3 is 14.6 Å². The minimum Gasteiger partial charge on any atom is -0.466 e. The molecule has 1 atom stereocenters. The first kappa shape index (κ1) is 19.5. The number of piperidine rings is 1. The third kappa shape index (κ3) is 4.12. The maximum Gasteiger partial charge on any atom is 0.312 e. The van der Waals surface area contributed by atoms with Crippen LogP contribution in [-0.4, -0.2) is 41.6 Å². The van der Waals surface area contributed by atoms with Crippen LogP contribution in [0.3, 0.4) is 0 Å². The summed E-state index contributed by atoms with van der Waals surface area (Å²) in [4.78, 5) is 18.7. The normalized spacial score (nSPS) is 20.9. The summed E-state index contributed by atoms with van der Waals surface area (Å²) in [6, 6.07) is 9.08. The second-order valence-corrected chi connectivity index (χ2v) is 8.93. The van der Waals surface area contributed by atoms with E-state index < -0.39 is 0 Å². The molecule has 4 rings (SSSR count). The van der Waals surface area contributed by atoms with Crippen LogP contribution in [0.1, 0.15) is 57.9 Å². The maximum absolute atomic E-state index is 12.7. The van der Waals surface area contributed by atoms with Gasteiger partial charge in [-0.2, -0.15) is 0 Å². The lowest BCUT2D eigenvalue weighted by atomic mass is 9.74. The van der Waals surface area contributed by atoms with E-state index >= 15 is 0 Å². The van der Waals surface area contributed by atoms with Crippen LogP contribution < -0.4 is 0 Å². The van der Waals surface area contributed by atoms with Crippen molar-refractivity contribution in [3.8, 4) is 0 Å². The molecule has 4 nitrogen and oxygen atoms in total. The molecule has 2 fully saturated rings. The van der Waals surface area contributed by atoms with Crippen LogP contribution in [0.25, 0.3) is 10.9 Å². The lowest BCUT2D eigenvalue weighted by molar-refractivity contribution is -0.160. The van der Waals surface area contributed by atoms with Crippen LogP contribution in [0.2, 0.25) is 0 Å². The molecule has 1 N–H and O–H groups in total. The number of aryl methyl sites for hydroxylation is 1. The number of ether oxygens (including phenoxy) is 1. The van der Waals surface area contributed by atoms with Gasteiger partial charge in [-0.25, -0.2) is 0 Å². The van der Waals surface area contributed by atoms with E-state index in [0.717, 1.165) is 51.1 Å². The molecule has 1 aliphatic heterocycles. The number of aromatic nitrogens is 1. The Hall–Kier alpha value is -1.81. The number of fused-ring (bicyclic) bond motifs is 1. The molecule has 2 aliphatic rings. The van der Waals surface area contributed by atoms with E-state index in [1.54, 1.807) is 0 Å². The van der Waals surface area contributed by atoms with Crippen molar-refractivity contribution in [3.63, 3.8) is 0 Å². The molecule has 1 saturated carbocycles. The summed E-state index contributed by atoms with van der Waals surface area (Å²) in [5.74, 6) is 0.822. The van der Waals surface area contributed by atoms with Gasteiger partial charge in [0.2, 0.25) is 0 Å². The summed E-state index contributed by atoms with van der Waals surface area (Å²) in [6.07, 6.45) is 9.96. The molecule has 2 heterocycles. The number of rotatable bonds is 8. The SMILES string of the molecule is CCOC(=O)C1(CC2CC2)CCN([C@@H](C)CCc2c[nH]c3ccccc23)CC1. The lowest BCUT2D eigenvalue weighted by Gasteiger charge is -2.42. The predicted molar refractivity (Wildman–Crippen MR) is 113 cm³/mol. The van der Waals surface area contributed by atoms with Gasteiger partial charge in [0.05, 0.1) is 12.0 Å². The van der Waals surface area contributed by atoms with Crippen molar-refractivity contribution in [1.29, 1.82) is 0 Å². The number of esters is 1. The molecule has 1 saturated heterocycles. The topological polar surface area (TPSA) is 45.3 Å². The summed E-state index contributed by atoms with van der Waals surface area (Å²) in [6.45, 7) is 6.79. The van der Waals surface area contributed by atoms with E-state index in [-0.39, 0.29) is 11.4 Å². The summed E-state index contributed by atoms with van der Waals surface area (Å²) in [7, 11) is 0. The van der Waals surface area contributed by atoms with Crippen LogP contribution in [0.15, 0.2) is 30.5 Å². The Morgan fingerprint density at radius 3 is 2.75 bits per heavy atom. The minimum absolute atomic E-state index is 0.0630. The van der Waals surface area contributed by atoms with Crippen LogP contribution in [0, 0.1) is 11.3 Å². The average molecular weight is 383 g/mol. The number of nitrogens with one attached hydrogen (secondary N) is 1. The van der Waals surface area contributed by atoms with Gasteiger partial charge in [0.1, 0.15) is 0 Å². The van der Waals surface area contributed by atoms with Gasteiger partial charge in [0.15, 0.2) is 0 Å². The molecule has 1 aliphatic carbocycles. The fourth-order valence-corrected chi connectivity index (χ4v) is 4.93. The summed E-state index contributed by atoms with van der Waals surface area (Å²) < 4.78 is 5.49. The number of H-pyrrole nitrogens is 1. The average Bonchev–Trinajstić information content (AvgIpc) is 3.43. The number of aromatic amines is 1. The van der Waals surface area contributed by atoms with Crippen LogP contribution in [0.4, 0.5) is 0 Å². The van der Waals surface area contributed by atoms with Gasteiger partial charge in [-0.3, -0.25) is 4.79 Å². The van der Waals surface area contributed by atoms with Crippen molar-refractivity contribution in [2.45, 2.75) is 64.8 Å². The highest BCUT2D eigenvalue weighted by molar-refractivity contribution is 5.83. The molecule has 0 amide bonds. The highest BCUT2D eigenvalue weighted by Crippen LogP contribution is 2.46. The van der Waals surface area contributed by atoms with Crippen molar-refractivity contribution in [2.24, 2.45) is 11.3 Å². The van der Waals surface area contributed by atoms with Crippen LogP contribution >= 0.6 is 0 Å². The Bertz CT molecular complexity index is 800. The van der Waals surface area contributed by atoms with Gasteiger partial charge in [-0.05, 0) is 76.6 Å². The van der Waals surface area contributed by atoms with Crippen LogP contribution in [0.5, 0.6) is 0 Å². The van der Waals surface area contributed by atoms with E-state index in [4.69, 9.17) is 4.74 Å². The van der Waals surface area contributed by atoms with Gasteiger partial charge in [-0.15, -0.1) is 0 Å². The molecule has 0 unspecified atom stereocenters. The highest BCUT2D eigenvalue weighted by atomic mass is 16.5. The number of benzene rings is 1. The number of hydrogen-bond acceptors (Lipinski definition) is 3. The first-order valence-corrected chi connectivity index (χ1v) is 11.1. The van der Waals surface area contributed by atoms with Crippen molar-refractivity contribution in [2.75, 3.05) is 19.7 Å². The van der Waals surface area contributed by atoms with E-state index in [1.807, 2.05) is 6.92 Å². The Kier molecular flexibility index (Phi) is 5.77. The van der Waals surface area contributed by atoms with E-state index in [2.05, 4.69) is 47.3 Å². The number of carbonyl (C=O) groups excluding carboxylic acids is 1. The largest absolute Gasteiger partial charge is 0.466 e. The van der Waals surface area contributed by atoms with Gasteiger partial charge in [0, 0.05) is 23.1 Å². The standard InChI is InChI=1S/C24H34N2O2/c1-3-28-23(27)24(16-19-9-10-19)12-14-26(15-13-24)18(2)8-11-20-17-25-22-7-5-4-6-21(20)22/h4-7,17-19,25H,3,8-16H2,1-2H3/t18-/m0/s1. The molecule has 152 valence electrons. The smallest absolute Gasteiger partial charge is 0.312 e. The fraction of sp³-hybridized carbons (Fsp3) is 0.625. The molecular formula is C24H34N2O2. The molecule has 2 aromatic rings. The second kappa shape index (κ2) is 8.28. The maximum atomic E-state index is 12.7. The molecule has 1 aromatic carbocycles. The number of nitrogens with zero attached hydrogens (tertiary/aromatic N) is 1.